The number of aryl methyl sites for hydroxylation is 1. The second-order valence-corrected chi connectivity index (χ2v) is 11.3. The maximum Gasteiger partial charge on any atom is 0.341 e. The van der Waals surface area contributed by atoms with Crippen LogP contribution in [0.4, 0.5) is 10.7 Å². The van der Waals surface area contributed by atoms with Crippen LogP contribution in [0.15, 0.2) is 46.0 Å². The Kier molecular flexibility index (Phi) is 7.77. The van der Waals surface area contributed by atoms with Gasteiger partial charge in [-0.25, -0.2) is 13.2 Å². The molecule has 3 rings (SSSR count). The highest BCUT2D eigenvalue weighted by Crippen LogP contribution is 2.33. The predicted molar refractivity (Wildman–Crippen MR) is 130 cm³/mol. The third-order valence-corrected chi connectivity index (χ3v) is 9.08. The van der Waals surface area contributed by atoms with E-state index in [9.17, 15) is 18.0 Å². The Labute approximate surface area is 200 Å². The molecule has 0 aliphatic carbocycles. The first kappa shape index (κ1) is 24.7. The van der Waals surface area contributed by atoms with Gasteiger partial charge in [0.05, 0.1) is 17.9 Å². The zero-order valence-electron chi connectivity index (χ0n) is 18.6. The van der Waals surface area contributed by atoms with Crippen LogP contribution in [0.25, 0.3) is 0 Å². The summed E-state index contributed by atoms with van der Waals surface area (Å²) in [5.74, 6) is -0.504. The third-order valence-electron chi connectivity index (χ3n) is 4.80. The van der Waals surface area contributed by atoms with Gasteiger partial charge in [0, 0.05) is 11.9 Å². The summed E-state index contributed by atoms with van der Waals surface area (Å²) >= 11 is 2.45. The fourth-order valence-electron chi connectivity index (χ4n) is 2.91. The van der Waals surface area contributed by atoms with E-state index in [-0.39, 0.29) is 17.4 Å². The molecule has 176 valence electrons. The van der Waals surface area contributed by atoms with E-state index < -0.39 is 21.9 Å². The average molecular weight is 509 g/mol. The molecule has 11 heteroatoms. The van der Waals surface area contributed by atoms with E-state index in [1.807, 2.05) is 13.8 Å². The van der Waals surface area contributed by atoms with Crippen molar-refractivity contribution in [2.45, 2.75) is 25.0 Å². The average Bonchev–Trinajstić information content (AvgIpc) is 3.42. The largest absolute Gasteiger partial charge is 0.484 e. The maximum absolute atomic E-state index is 12.6. The Hall–Kier alpha value is -2.89. The maximum atomic E-state index is 12.6. The van der Waals surface area contributed by atoms with Crippen molar-refractivity contribution in [2.24, 2.45) is 0 Å². The molecular weight excluding hydrogens is 484 g/mol. The number of nitrogens with zero attached hydrogens (tertiary/aromatic N) is 1. The number of esters is 1. The molecule has 2 aromatic heterocycles. The van der Waals surface area contributed by atoms with Crippen LogP contribution < -0.4 is 14.4 Å². The third kappa shape index (κ3) is 5.55. The Morgan fingerprint density at radius 3 is 2.42 bits per heavy atom. The number of benzene rings is 1. The lowest BCUT2D eigenvalue weighted by molar-refractivity contribution is -0.118. The number of thiophene rings is 2. The fraction of sp³-hybridized carbons (Fsp3) is 0.273. The standard InChI is InChI=1S/C22H24N2O6S3/c1-5-29-22(26)20-14(2)15(3)32-21(20)23-18(25)13-30-17-10-8-16(9-11-17)24(4)33(27,28)19-7-6-12-31-19/h6-12H,5,13H2,1-4H3,(H,23,25). The van der Waals surface area contributed by atoms with Crippen LogP contribution >= 0.6 is 22.7 Å². The van der Waals surface area contributed by atoms with E-state index in [0.29, 0.717) is 22.0 Å². The predicted octanol–water partition coefficient (Wildman–Crippen LogP) is 4.45. The number of rotatable bonds is 9. The van der Waals surface area contributed by atoms with Gasteiger partial charge in [-0.2, -0.15) is 0 Å². The molecule has 0 radical (unpaired) electrons. The SMILES string of the molecule is CCOC(=O)c1c(NC(=O)COc2ccc(N(C)S(=O)(=O)c3cccs3)cc2)sc(C)c1C. The normalized spacial score (nSPS) is 11.2. The van der Waals surface area contributed by atoms with E-state index in [4.69, 9.17) is 9.47 Å². The lowest BCUT2D eigenvalue weighted by atomic mass is 10.1. The van der Waals surface area contributed by atoms with E-state index in [1.54, 1.807) is 48.7 Å². The molecular formula is C22H24N2O6S3. The van der Waals surface area contributed by atoms with Crippen molar-refractivity contribution in [3.8, 4) is 5.75 Å². The quantitative estimate of drug-likeness (QED) is 0.429. The highest BCUT2D eigenvalue weighted by atomic mass is 32.2. The summed E-state index contributed by atoms with van der Waals surface area (Å²) in [5.41, 5.74) is 1.59. The first-order valence-corrected chi connectivity index (χ1v) is 13.1. The number of amides is 1. The van der Waals surface area contributed by atoms with Crippen LogP contribution in [0.5, 0.6) is 5.75 Å². The molecule has 0 fully saturated rings. The molecule has 1 amide bonds. The number of anilines is 2. The van der Waals surface area contributed by atoms with Gasteiger partial charge in [-0.15, -0.1) is 22.7 Å². The summed E-state index contributed by atoms with van der Waals surface area (Å²) in [7, 11) is -2.15. The van der Waals surface area contributed by atoms with Crippen molar-refractivity contribution in [1.29, 1.82) is 0 Å². The first-order valence-electron chi connectivity index (χ1n) is 9.97. The second kappa shape index (κ2) is 10.4. The molecule has 0 saturated heterocycles. The van der Waals surface area contributed by atoms with Gasteiger partial charge in [0.15, 0.2) is 6.61 Å². The number of ether oxygens (including phenoxy) is 2. The first-order chi connectivity index (χ1) is 15.6. The van der Waals surface area contributed by atoms with Gasteiger partial charge in [-0.1, -0.05) is 6.07 Å². The zero-order chi connectivity index (χ0) is 24.2. The van der Waals surface area contributed by atoms with Crippen LogP contribution in [0.2, 0.25) is 0 Å². The molecule has 0 atom stereocenters. The molecule has 0 unspecified atom stereocenters. The van der Waals surface area contributed by atoms with E-state index in [2.05, 4.69) is 5.32 Å². The summed E-state index contributed by atoms with van der Waals surface area (Å²) in [6.07, 6.45) is 0. The molecule has 0 spiro atoms. The highest BCUT2D eigenvalue weighted by Gasteiger charge is 2.23. The van der Waals surface area contributed by atoms with Crippen molar-refractivity contribution in [3.05, 3.63) is 57.8 Å². The van der Waals surface area contributed by atoms with Gasteiger partial charge in [0.25, 0.3) is 15.9 Å². The van der Waals surface area contributed by atoms with Crippen LogP contribution in [0.3, 0.4) is 0 Å². The van der Waals surface area contributed by atoms with Gasteiger partial charge in [-0.05, 0) is 62.0 Å². The van der Waals surface area contributed by atoms with Gasteiger partial charge in [0.1, 0.15) is 15.0 Å². The number of hydrogen-bond donors (Lipinski definition) is 1. The number of carbonyl (C=O) groups excluding carboxylic acids is 2. The minimum atomic E-state index is -3.63. The van der Waals surface area contributed by atoms with Crippen LogP contribution in [0, 0.1) is 13.8 Å². The lowest BCUT2D eigenvalue weighted by Crippen LogP contribution is -2.25. The molecule has 2 heterocycles. The molecule has 0 saturated carbocycles. The highest BCUT2D eigenvalue weighted by molar-refractivity contribution is 7.94. The number of carbonyl (C=O) groups is 2. The number of hydrogen-bond acceptors (Lipinski definition) is 8. The number of sulfonamides is 1. The molecule has 8 nitrogen and oxygen atoms in total. The Morgan fingerprint density at radius 2 is 1.82 bits per heavy atom. The second-order valence-electron chi connectivity index (χ2n) is 6.94. The van der Waals surface area contributed by atoms with Crippen molar-refractivity contribution in [1.82, 2.24) is 0 Å². The topological polar surface area (TPSA) is 102 Å². The van der Waals surface area contributed by atoms with Crippen molar-refractivity contribution < 1.29 is 27.5 Å². The monoisotopic (exact) mass is 508 g/mol. The van der Waals surface area contributed by atoms with Gasteiger partial charge < -0.3 is 14.8 Å². The molecule has 1 aromatic carbocycles. The van der Waals surface area contributed by atoms with Crippen LogP contribution in [-0.4, -0.2) is 40.6 Å². The molecule has 1 N–H and O–H groups in total. The summed E-state index contributed by atoms with van der Waals surface area (Å²) in [6.45, 7) is 5.36. The van der Waals surface area contributed by atoms with Gasteiger partial charge in [-0.3, -0.25) is 9.10 Å². The van der Waals surface area contributed by atoms with Gasteiger partial charge in [0.2, 0.25) is 0 Å². The number of nitrogens with one attached hydrogen (secondary N) is 1. The van der Waals surface area contributed by atoms with Crippen LogP contribution in [0.1, 0.15) is 27.7 Å². The molecule has 0 aliphatic heterocycles. The molecule has 3 aromatic rings. The Bertz CT molecular complexity index is 1230. The minimum absolute atomic E-state index is 0.240. The lowest BCUT2D eigenvalue weighted by Gasteiger charge is -2.18. The summed E-state index contributed by atoms with van der Waals surface area (Å²) in [4.78, 5) is 25.6. The van der Waals surface area contributed by atoms with Crippen molar-refractivity contribution >= 4 is 55.3 Å². The van der Waals surface area contributed by atoms with Crippen molar-refractivity contribution in [2.75, 3.05) is 29.9 Å². The van der Waals surface area contributed by atoms with Crippen molar-refractivity contribution in [3.63, 3.8) is 0 Å². The summed E-state index contributed by atoms with van der Waals surface area (Å²) in [6, 6.07) is 9.62. The Morgan fingerprint density at radius 1 is 1.12 bits per heavy atom. The molecule has 33 heavy (non-hydrogen) atoms. The van der Waals surface area contributed by atoms with E-state index in [1.165, 1.54) is 22.7 Å². The van der Waals surface area contributed by atoms with E-state index >= 15 is 0 Å². The van der Waals surface area contributed by atoms with Gasteiger partial charge >= 0.3 is 5.97 Å². The molecule has 0 aliphatic rings. The molecule has 0 bridgehead atoms. The van der Waals surface area contributed by atoms with E-state index in [0.717, 1.165) is 21.8 Å². The summed E-state index contributed by atoms with van der Waals surface area (Å²) < 4.78 is 37.3. The minimum Gasteiger partial charge on any atom is -0.484 e. The smallest absolute Gasteiger partial charge is 0.341 e. The Balaban J connectivity index is 1.63. The zero-order valence-corrected chi connectivity index (χ0v) is 21.0. The van der Waals surface area contributed by atoms with Crippen LogP contribution in [-0.2, 0) is 19.6 Å². The fourth-order valence-corrected chi connectivity index (χ4v) is 6.33. The summed E-state index contributed by atoms with van der Waals surface area (Å²) in [5, 5.41) is 4.84.